The van der Waals surface area contributed by atoms with E-state index in [9.17, 15) is 5.11 Å². The van der Waals surface area contributed by atoms with Crippen LogP contribution in [0.1, 0.15) is 105 Å². The van der Waals surface area contributed by atoms with Crippen molar-refractivity contribution in [2.24, 2.45) is 46.3 Å². The van der Waals surface area contributed by atoms with E-state index in [0.29, 0.717) is 15.7 Å². The van der Waals surface area contributed by atoms with Gasteiger partial charge in [0.25, 0.3) is 0 Å². The van der Waals surface area contributed by atoms with Crippen LogP contribution in [-0.4, -0.2) is 20.4 Å². The van der Waals surface area contributed by atoms with Crippen LogP contribution < -0.4 is 0 Å². The van der Waals surface area contributed by atoms with Gasteiger partial charge in [0.15, 0.2) is 0 Å². The Labute approximate surface area is 203 Å². The molecule has 0 heterocycles. The summed E-state index contributed by atoms with van der Waals surface area (Å²) in [6.07, 6.45) is 14.3. The Balaban J connectivity index is 1.53. The fourth-order valence-electron chi connectivity index (χ4n) is 9.19. The number of hydrogen-bond acceptors (Lipinski definition) is 1. The van der Waals surface area contributed by atoms with Crippen LogP contribution in [0.4, 0.5) is 0 Å². The van der Waals surface area contributed by atoms with Crippen LogP contribution >= 0.6 is 31.9 Å². The number of fused-ring (bicyclic) bond motifs is 5. The fourth-order valence-corrected chi connectivity index (χ4v) is 11.4. The number of halogens is 2. The third-order valence-corrected chi connectivity index (χ3v) is 14.5. The summed E-state index contributed by atoms with van der Waals surface area (Å²) in [6.45, 7) is 12.6. The lowest BCUT2D eigenvalue weighted by Crippen LogP contribution is -2.64. The molecule has 0 radical (unpaired) electrons. The van der Waals surface area contributed by atoms with Gasteiger partial charge in [-0.2, -0.15) is 0 Å². The summed E-state index contributed by atoms with van der Waals surface area (Å²) in [4.78, 5) is 0.482. The van der Waals surface area contributed by atoms with Gasteiger partial charge in [0.2, 0.25) is 0 Å². The predicted molar refractivity (Wildman–Crippen MR) is 135 cm³/mol. The van der Waals surface area contributed by atoms with Gasteiger partial charge < -0.3 is 5.11 Å². The molecule has 174 valence electrons. The van der Waals surface area contributed by atoms with E-state index in [1.807, 2.05) is 0 Å². The Morgan fingerprint density at radius 3 is 2.40 bits per heavy atom. The molecule has 0 aromatic carbocycles. The lowest BCUT2D eigenvalue weighted by atomic mass is 9.44. The summed E-state index contributed by atoms with van der Waals surface area (Å²) in [5, 5.41) is 10.5. The van der Waals surface area contributed by atoms with E-state index in [1.165, 1.54) is 57.8 Å². The van der Waals surface area contributed by atoms with E-state index in [4.69, 9.17) is 0 Å². The molecule has 30 heavy (non-hydrogen) atoms. The van der Waals surface area contributed by atoms with Crippen molar-refractivity contribution in [3.63, 3.8) is 0 Å². The summed E-state index contributed by atoms with van der Waals surface area (Å²) in [6, 6.07) is 0. The van der Waals surface area contributed by atoms with Crippen LogP contribution in [0.15, 0.2) is 0 Å². The molecule has 4 rings (SSSR count). The molecule has 0 amide bonds. The van der Waals surface area contributed by atoms with Gasteiger partial charge >= 0.3 is 0 Å². The van der Waals surface area contributed by atoms with Gasteiger partial charge in [-0.05, 0) is 97.7 Å². The van der Waals surface area contributed by atoms with Crippen LogP contribution in [0, 0.1) is 46.3 Å². The van der Waals surface area contributed by atoms with Crippen LogP contribution in [0.5, 0.6) is 0 Å². The minimum atomic E-state index is -0.134. The standard InChI is InChI=1S/C27H46Br2O/c1-17(2)7-6-8-18(3)21-9-10-22-20-15-24(28)27(29)16-19(30)11-14-26(27,5)23(20)12-13-25(21,22)4/h17-24,30H,6-16H2,1-5H3/t18-,19+,20-,21-,22+,23+,24-,25+,26+,27-/m0/s1. The van der Waals surface area contributed by atoms with E-state index in [1.54, 1.807) is 0 Å². The number of alkyl halides is 2. The first kappa shape index (κ1) is 24.1. The van der Waals surface area contributed by atoms with Crippen molar-refractivity contribution in [2.45, 2.75) is 121 Å². The second-order valence-corrected chi connectivity index (χ2v) is 15.3. The van der Waals surface area contributed by atoms with Gasteiger partial charge in [0.1, 0.15) is 0 Å². The van der Waals surface area contributed by atoms with Crippen molar-refractivity contribution >= 4 is 31.9 Å². The van der Waals surface area contributed by atoms with Crippen LogP contribution in [0.25, 0.3) is 0 Å². The third kappa shape index (κ3) is 3.71. The molecule has 0 bridgehead atoms. The van der Waals surface area contributed by atoms with Crippen molar-refractivity contribution < 1.29 is 5.11 Å². The molecule has 3 heteroatoms. The van der Waals surface area contributed by atoms with E-state index in [-0.39, 0.29) is 10.4 Å². The van der Waals surface area contributed by atoms with E-state index in [0.717, 1.165) is 48.3 Å². The summed E-state index contributed by atoms with van der Waals surface area (Å²) in [7, 11) is 0. The van der Waals surface area contributed by atoms with E-state index in [2.05, 4.69) is 66.5 Å². The summed E-state index contributed by atoms with van der Waals surface area (Å²) >= 11 is 8.41. The number of rotatable bonds is 5. The van der Waals surface area contributed by atoms with Crippen LogP contribution in [-0.2, 0) is 0 Å². The van der Waals surface area contributed by atoms with Gasteiger partial charge in [0.05, 0.1) is 6.10 Å². The predicted octanol–water partition coefficient (Wildman–Crippen LogP) is 8.36. The first-order valence-corrected chi connectivity index (χ1v) is 14.7. The highest BCUT2D eigenvalue weighted by atomic mass is 79.9. The SMILES string of the molecule is CC(C)CCC[C@H](C)[C@@H]1CC[C@@H]2[C@@H]3C[C@H](Br)[C@@]4(Br)C[C@H](O)CC[C@]4(C)[C@@H]3CC[C@@]21C. The lowest BCUT2D eigenvalue weighted by molar-refractivity contribution is -0.111. The van der Waals surface area contributed by atoms with E-state index < -0.39 is 0 Å². The molecule has 0 aromatic heterocycles. The smallest absolute Gasteiger partial charge is 0.0554 e. The topological polar surface area (TPSA) is 20.2 Å². The summed E-state index contributed by atoms with van der Waals surface area (Å²) < 4.78 is 0.0642. The highest BCUT2D eigenvalue weighted by molar-refractivity contribution is 9.12. The highest BCUT2D eigenvalue weighted by Crippen LogP contribution is 2.71. The Morgan fingerprint density at radius 1 is 0.967 bits per heavy atom. The zero-order valence-electron chi connectivity index (χ0n) is 20.1. The Morgan fingerprint density at radius 2 is 1.70 bits per heavy atom. The van der Waals surface area contributed by atoms with Crippen LogP contribution in [0.2, 0.25) is 0 Å². The van der Waals surface area contributed by atoms with E-state index >= 15 is 0 Å². The lowest BCUT2D eigenvalue weighted by Gasteiger charge is -2.65. The fraction of sp³-hybridized carbons (Fsp3) is 1.00. The molecule has 0 aromatic rings. The molecule has 0 saturated heterocycles. The molecule has 4 saturated carbocycles. The molecule has 0 spiro atoms. The molecule has 1 nitrogen and oxygen atoms in total. The minimum absolute atomic E-state index is 0.0642. The van der Waals surface area contributed by atoms with Gasteiger partial charge in [0, 0.05) is 9.15 Å². The summed E-state index contributed by atoms with van der Waals surface area (Å²) in [5.41, 5.74) is 0.869. The molecule has 4 aliphatic rings. The van der Waals surface area contributed by atoms with Gasteiger partial charge in [-0.25, -0.2) is 0 Å². The molecule has 0 aliphatic heterocycles. The molecule has 4 fully saturated rings. The number of hydrogen-bond donors (Lipinski definition) is 1. The quantitative estimate of drug-likeness (QED) is 0.344. The monoisotopic (exact) mass is 544 g/mol. The van der Waals surface area contributed by atoms with Crippen molar-refractivity contribution in [3.05, 3.63) is 0 Å². The third-order valence-electron chi connectivity index (χ3n) is 10.9. The molecule has 1 N–H and O–H groups in total. The average molecular weight is 546 g/mol. The van der Waals surface area contributed by atoms with Crippen molar-refractivity contribution in [2.75, 3.05) is 0 Å². The molecule has 0 unspecified atom stereocenters. The maximum atomic E-state index is 10.5. The minimum Gasteiger partial charge on any atom is -0.393 e. The normalized spacial score (nSPS) is 51.9. The van der Waals surface area contributed by atoms with Gasteiger partial charge in [-0.1, -0.05) is 85.7 Å². The maximum absolute atomic E-state index is 10.5. The highest BCUT2D eigenvalue weighted by Gasteiger charge is 2.66. The van der Waals surface area contributed by atoms with Gasteiger partial charge in [-0.15, -0.1) is 0 Å². The maximum Gasteiger partial charge on any atom is 0.0554 e. The number of aliphatic hydroxyl groups is 1. The van der Waals surface area contributed by atoms with Gasteiger partial charge in [-0.3, -0.25) is 0 Å². The summed E-state index contributed by atoms with van der Waals surface area (Å²) in [5.74, 6) is 5.26. The van der Waals surface area contributed by atoms with Crippen molar-refractivity contribution in [1.82, 2.24) is 0 Å². The van der Waals surface area contributed by atoms with Crippen molar-refractivity contribution in [3.8, 4) is 0 Å². The van der Waals surface area contributed by atoms with Crippen LogP contribution in [0.3, 0.4) is 0 Å². The first-order chi connectivity index (χ1) is 14.0. The number of aliphatic hydroxyl groups excluding tert-OH is 1. The Hall–Kier alpha value is 0.920. The largest absolute Gasteiger partial charge is 0.393 e. The Kier molecular flexibility index (Phi) is 6.90. The van der Waals surface area contributed by atoms with Crippen molar-refractivity contribution in [1.29, 1.82) is 0 Å². The average Bonchev–Trinajstić information content (AvgIpc) is 3.01. The Bertz CT molecular complexity index is 622. The zero-order valence-corrected chi connectivity index (χ0v) is 23.3. The molecule has 10 atom stereocenters. The zero-order chi connectivity index (χ0) is 21.9. The molecular formula is C27H46Br2O. The second kappa shape index (κ2) is 8.61. The first-order valence-electron chi connectivity index (χ1n) is 13.0. The molecular weight excluding hydrogens is 500 g/mol. The molecule has 4 aliphatic carbocycles. The second-order valence-electron chi connectivity index (χ2n) is 12.8.